The quantitative estimate of drug-likeness (QED) is 0.370. The fourth-order valence-electron chi connectivity index (χ4n) is 3.93. The topological polar surface area (TPSA) is 36.1 Å². The maximum atomic E-state index is 3.75. The molecule has 6 heteroatoms. The molecule has 2 rings (SSSR count). The number of rotatable bonds is 11. The summed E-state index contributed by atoms with van der Waals surface area (Å²) in [5, 5.41) is 10.9. The van der Waals surface area contributed by atoms with Gasteiger partial charge in [0.1, 0.15) is 0 Å². The second kappa shape index (κ2) is 16.7. The molecule has 0 heterocycles. The van der Waals surface area contributed by atoms with Crippen LogP contribution in [0.1, 0.15) is 87.1 Å². The van der Waals surface area contributed by atoms with Crippen LogP contribution in [0, 0.1) is 13.8 Å². The first-order valence-electron chi connectivity index (χ1n) is 11.6. The van der Waals surface area contributed by atoms with E-state index in [1.165, 1.54) is 39.2 Å². The molecule has 189 valence electrons. The van der Waals surface area contributed by atoms with Crippen molar-refractivity contribution >= 4 is 11.4 Å². The summed E-state index contributed by atoms with van der Waals surface area (Å²) in [6.45, 7) is 21.9. The minimum atomic E-state index is 0. The Hall–Kier alpha value is -0.914. The van der Waals surface area contributed by atoms with Crippen molar-refractivity contribution in [1.82, 2.24) is 5.32 Å². The van der Waals surface area contributed by atoms with Crippen molar-refractivity contribution in [3.8, 4) is 0 Å². The van der Waals surface area contributed by atoms with E-state index < -0.39 is 0 Å². The molecule has 0 aliphatic heterocycles. The Balaban J connectivity index is 0. The van der Waals surface area contributed by atoms with Crippen molar-refractivity contribution in [2.45, 2.75) is 73.1 Å². The zero-order valence-electron chi connectivity index (χ0n) is 21.5. The van der Waals surface area contributed by atoms with E-state index in [-0.39, 0.29) is 41.6 Å². The molecule has 0 spiro atoms. The number of hydrogen-bond donors (Lipinski definition) is 3. The van der Waals surface area contributed by atoms with Crippen LogP contribution in [0.4, 0.5) is 11.4 Å². The molecular formula is C27H43Cl2CoN3. The van der Waals surface area contributed by atoms with Crippen LogP contribution in [0.2, 0.25) is 0 Å². The Bertz CT molecular complexity index is 774. The van der Waals surface area contributed by atoms with Gasteiger partial charge in [0.15, 0.2) is 0 Å². The molecular weight excluding hydrogens is 496 g/mol. The van der Waals surface area contributed by atoms with Gasteiger partial charge in [0.2, 0.25) is 0 Å². The molecule has 33 heavy (non-hydrogen) atoms. The molecule has 0 saturated heterocycles. The summed E-state index contributed by atoms with van der Waals surface area (Å²) in [5.41, 5.74) is 9.57. The molecule has 0 fully saturated rings. The van der Waals surface area contributed by atoms with Gasteiger partial charge in [-0.3, -0.25) is 0 Å². The predicted octanol–water partition coefficient (Wildman–Crippen LogP) is 0.793. The molecule has 0 atom stereocenters. The van der Waals surface area contributed by atoms with Crippen LogP contribution in [0.25, 0.3) is 0 Å². The first kappa shape index (κ1) is 34.3. The van der Waals surface area contributed by atoms with Gasteiger partial charge in [0.05, 0.1) is 0 Å². The average Bonchev–Trinajstić information content (AvgIpc) is 2.68. The Kier molecular flexibility index (Phi) is 17.3. The van der Waals surface area contributed by atoms with Crippen LogP contribution in [-0.4, -0.2) is 26.2 Å². The number of anilines is 2. The molecule has 3 nitrogen and oxygen atoms in total. The van der Waals surface area contributed by atoms with Gasteiger partial charge >= 0.3 is 16.8 Å². The fourth-order valence-corrected chi connectivity index (χ4v) is 3.93. The van der Waals surface area contributed by atoms with E-state index in [0.29, 0.717) is 17.8 Å². The summed E-state index contributed by atoms with van der Waals surface area (Å²) < 4.78 is 0. The number of aryl methyl sites for hydroxylation is 2. The zero-order valence-corrected chi connectivity index (χ0v) is 24.1. The standard InChI is InChI=1S/C27H43N3.2ClH.Co/c1-18(2)23-16-24(19(3)4)27(25(17-23)20(5)6)30-15-13-28-12-14-29-26-21(7)10-9-11-22(26)8;;;/h9-11,16-20,28-30H,12-15H2,1-8H3;2*1H;/q;;;+2/p-2. The maximum absolute atomic E-state index is 3.75. The summed E-state index contributed by atoms with van der Waals surface area (Å²) in [6.07, 6.45) is 0. The summed E-state index contributed by atoms with van der Waals surface area (Å²) in [7, 11) is 0. The number of hydrogen-bond acceptors (Lipinski definition) is 3. The van der Waals surface area contributed by atoms with E-state index >= 15 is 0 Å². The van der Waals surface area contributed by atoms with E-state index in [0.717, 1.165) is 26.2 Å². The Labute approximate surface area is 225 Å². The van der Waals surface area contributed by atoms with Crippen LogP contribution >= 0.6 is 0 Å². The maximum Gasteiger partial charge on any atom is 2.00 e. The molecule has 2 aromatic carbocycles. The number of nitrogens with one attached hydrogen (secondary N) is 3. The normalized spacial score (nSPS) is 10.5. The van der Waals surface area contributed by atoms with Gasteiger partial charge in [-0.15, -0.1) is 0 Å². The van der Waals surface area contributed by atoms with E-state index in [4.69, 9.17) is 0 Å². The number of halogens is 2. The SMILES string of the molecule is Cc1cccc(C)c1NCCNCCNc1c(C(C)C)cc(C(C)C)cc1C(C)C.[Cl-].[Cl-].[Co+2]. The second-order valence-corrected chi connectivity index (χ2v) is 9.41. The second-order valence-electron chi connectivity index (χ2n) is 9.41. The molecule has 0 aromatic heterocycles. The molecule has 0 saturated carbocycles. The van der Waals surface area contributed by atoms with Crippen molar-refractivity contribution in [1.29, 1.82) is 0 Å². The first-order valence-corrected chi connectivity index (χ1v) is 11.6. The molecule has 0 amide bonds. The third kappa shape index (κ3) is 10.1. The summed E-state index contributed by atoms with van der Waals surface area (Å²) >= 11 is 0. The van der Waals surface area contributed by atoms with Crippen molar-refractivity contribution in [3.63, 3.8) is 0 Å². The van der Waals surface area contributed by atoms with E-state index in [1.54, 1.807) is 0 Å². The Morgan fingerprint density at radius 2 is 1.06 bits per heavy atom. The van der Waals surface area contributed by atoms with Gasteiger partial charge < -0.3 is 40.8 Å². The molecule has 0 aliphatic rings. The van der Waals surface area contributed by atoms with Crippen LogP contribution in [-0.2, 0) is 16.8 Å². The first-order chi connectivity index (χ1) is 14.2. The van der Waals surface area contributed by atoms with Crippen LogP contribution in [0.3, 0.4) is 0 Å². The van der Waals surface area contributed by atoms with E-state index in [1.807, 2.05) is 0 Å². The van der Waals surface area contributed by atoms with E-state index in [2.05, 4.69) is 102 Å². The molecule has 1 radical (unpaired) electrons. The average molecular weight is 540 g/mol. The summed E-state index contributed by atoms with van der Waals surface area (Å²) in [5.74, 6) is 1.58. The Morgan fingerprint density at radius 3 is 1.45 bits per heavy atom. The van der Waals surface area contributed by atoms with Gasteiger partial charge in [-0.05, 0) is 59.4 Å². The van der Waals surface area contributed by atoms with Crippen LogP contribution < -0.4 is 40.8 Å². The summed E-state index contributed by atoms with van der Waals surface area (Å²) in [6, 6.07) is 11.3. The van der Waals surface area contributed by atoms with Crippen molar-refractivity contribution in [2.75, 3.05) is 36.8 Å². The third-order valence-electron chi connectivity index (χ3n) is 5.82. The smallest absolute Gasteiger partial charge is 1.00 e. The minimum absolute atomic E-state index is 0. The van der Waals surface area contributed by atoms with Crippen LogP contribution in [0.5, 0.6) is 0 Å². The summed E-state index contributed by atoms with van der Waals surface area (Å²) in [4.78, 5) is 0. The molecule has 2 aromatic rings. The van der Waals surface area contributed by atoms with Gasteiger partial charge in [0, 0.05) is 37.6 Å². The van der Waals surface area contributed by atoms with Gasteiger partial charge in [-0.1, -0.05) is 71.9 Å². The predicted molar refractivity (Wildman–Crippen MR) is 134 cm³/mol. The van der Waals surface area contributed by atoms with Crippen molar-refractivity contribution < 1.29 is 41.6 Å². The minimum Gasteiger partial charge on any atom is -1.00 e. The molecule has 0 bridgehead atoms. The largest absolute Gasteiger partial charge is 2.00 e. The zero-order chi connectivity index (χ0) is 22.3. The Morgan fingerprint density at radius 1 is 0.636 bits per heavy atom. The van der Waals surface area contributed by atoms with Gasteiger partial charge in [-0.25, -0.2) is 0 Å². The molecule has 3 N–H and O–H groups in total. The van der Waals surface area contributed by atoms with E-state index in [9.17, 15) is 0 Å². The van der Waals surface area contributed by atoms with Gasteiger partial charge in [-0.2, -0.15) is 0 Å². The number of para-hydroxylation sites is 1. The van der Waals surface area contributed by atoms with Crippen molar-refractivity contribution in [2.24, 2.45) is 0 Å². The van der Waals surface area contributed by atoms with Crippen LogP contribution in [0.15, 0.2) is 30.3 Å². The fraction of sp³-hybridized carbons (Fsp3) is 0.556. The number of benzene rings is 2. The van der Waals surface area contributed by atoms with Crippen molar-refractivity contribution in [3.05, 3.63) is 58.1 Å². The van der Waals surface area contributed by atoms with Gasteiger partial charge in [0.25, 0.3) is 0 Å². The third-order valence-corrected chi connectivity index (χ3v) is 5.82. The monoisotopic (exact) mass is 538 g/mol. The molecule has 0 unspecified atom stereocenters. The molecule has 0 aliphatic carbocycles.